The van der Waals surface area contributed by atoms with E-state index in [4.69, 9.17) is 11.6 Å². The second-order valence-electron chi connectivity index (χ2n) is 3.52. The van der Waals surface area contributed by atoms with Gasteiger partial charge in [0.1, 0.15) is 0 Å². The zero-order valence-electron chi connectivity index (χ0n) is 7.83. The second-order valence-corrected chi connectivity index (χ2v) is 4.33. The summed E-state index contributed by atoms with van der Waals surface area (Å²) in [5.41, 5.74) is 2.39. The molecule has 0 aliphatic carbocycles. The van der Waals surface area contributed by atoms with Gasteiger partial charge in [0, 0.05) is 0 Å². The Morgan fingerprint density at radius 3 is 3.00 bits per heavy atom. The van der Waals surface area contributed by atoms with Crippen molar-refractivity contribution in [3.8, 4) is 0 Å². The van der Waals surface area contributed by atoms with Crippen LogP contribution in [0.25, 0.3) is 0 Å². The number of thiol groups is 1. The average Bonchev–Trinajstić information content (AvgIpc) is 2.48. The maximum atomic E-state index is 10.8. The molecule has 0 radical (unpaired) electrons. The quantitative estimate of drug-likeness (QED) is 0.516. The van der Waals surface area contributed by atoms with Crippen LogP contribution in [0.5, 0.6) is 0 Å². The number of amides is 1. The molecule has 1 aromatic carbocycles. The standard InChI is InChI=1S/C9H9BClNO2S/c11-7-3-5-1-2-10(14)6(5)4-8(7)12-9(13)15/h3-4,14H,1-2H2,(H2,12,13,15). The van der Waals surface area contributed by atoms with Crippen LogP contribution in [0.4, 0.5) is 10.5 Å². The van der Waals surface area contributed by atoms with Crippen molar-refractivity contribution < 1.29 is 9.82 Å². The SMILES string of the molecule is O=C(S)Nc1cc2c(cc1Cl)CCB2O. The molecular weight excluding hydrogens is 232 g/mol. The largest absolute Gasteiger partial charge is 0.446 e. The van der Waals surface area contributed by atoms with Crippen molar-refractivity contribution in [3.63, 3.8) is 0 Å². The number of carbonyl (C=O) groups is 1. The lowest BCUT2D eigenvalue weighted by Gasteiger charge is -2.08. The molecule has 0 atom stereocenters. The first-order chi connectivity index (χ1) is 7.08. The number of anilines is 1. The molecule has 0 saturated carbocycles. The number of carbonyl (C=O) groups excluding carboxylic acids is 1. The van der Waals surface area contributed by atoms with E-state index in [1.54, 1.807) is 12.1 Å². The first-order valence-electron chi connectivity index (χ1n) is 4.58. The highest BCUT2D eigenvalue weighted by Gasteiger charge is 2.26. The Bertz CT molecular complexity index is 427. The summed E-state index contributed by atoms with van der Waals surface area (Å²) < 4.78 is 0. The number of hydrogen-bond donors (Lipinski definition) is 3. The summed E-state index contributed by atoms with van der Waals surface area (Å²) in [4.78, 5) is 10.8. The Morgan fingerprint density at radius 2 is 2.33 bits per heavy atom. The van der Waals surface area contributed by atoms with Crippen LogP contribution in [0, 0.1) is 0 Å². The van der Waals surface area contributed by atoms with Crippen molar-refractivity contribution >= 4 is 47.5 Å². The monoisotopic (exact) mass is 241 g/mol. The van der Waals surface area contributed by atoms with Gasteiger partial charge in [-0.25, -0.2) is 0 Å². The van der Waals surface area contributed by atoms with E-state index in [0.29, 0.717) is 17.0 Å². The molecule has 1 aliphatic heterocycles. The average molecular weight is 242 g/mol. The van der Waals surface area contributed by atoms with E-state index in [1.807, 2.05) is 0 Å². The first kappa shape index (κ1) is 10.9. The van der Waals surface area contributed by atoms with Crippen molar-refractivity contribution in [3.05, 3.63) is 22.7 Å². The molecule has 1 aliphatic rings. The molecule has 1 heterocycles. The van der Waals surface area contributed by atoms with Gasteiger partial charge >= 0.3 is 6.92 Å². The molecule has 6 heteroatoms. The van der Waals surface area contributed by atoms with Crippen molar-refractivity contribution in [1.29, 1.82) is 0 Å². The Labute approximate surface area is 98.3 Å². The van der Waals surface area contributed by atoms with Crippen LogP contribution in [-0.2, 0) is 6.42 Å². The van der Waals surface area contributed by atoms with Gasteiger partial charge in [-0.3, -0.25) is 4.79 Å². The highest BCUT2D eigenvalue weighted by molar-refractivity contribution is 7.96. The number of fused-ring (bicyclic) bond motifs is 1. The van der Waals surface area contributed by atoms with E-state index in [9.17, 15) is 9.82 Å². The third-order valence-electron chi connectivity index (χ3n) is 2.52. The van der Waals surface area contributed by atoms with Gasteiger partial charge in [0.15, 0.2) is 0 Å². The lowest BCUT2D eigenvalue weighted by Crippen LogP contribution is -2.26. The van der Waals surface area contributed by atoms with Crippen LogP contribution in [-0.4, -0.2) is 17.2 Å². The molecule has 0 saturated heterocycles. The minimum atomic E-state index is -0.468. The van der Waals surface area contributed by atoms with Gasteiger partial charge in [-0.05, 0) is 35.9 Å². The fraction of sp³-hybridized carbons (Fsp3) is 0.222. The van der Waals surface area contributed by atoms with Crippen molar-refractivity contribution in [2.45, 2.75) is 12.7 Å². The van der Waals surface area contributed by atoms with Crippen molar-refractivity contribution in [1.82, 2.24) is 0 Å². The van der Waals surface area contributed by atoms with Crippen LogP contribution in [0.15, 0.2) is 12.1 Å². The molecule has 1 aromatic rings. The van der Waals surface area contributed by atoms with Crippen molar-refractivity contribution in [2.24, 2.45) is 0 Å². The summed E-state index contributed by atoms with van der Waals surface area (Å²) in [6, 6.07) is 3.50. The zero-order valence-corrected chi connectivity index (χ0v) is 9.48. The summed E-state index contributed by atoms with van der Waals surface area (Å²) in [6.07, 6.45) is 1.54. The minimum absolute atomic E-state index is 0.451. The number of aryl methyl sites for hydroxylation is 1. The maximum Gasteiger partial charge on any atom is 0.324 e. The van der Waals surface area contributed by atoms with Crippen LogP contribution in [0.3, 0.4) is 0 Å². The predicted molar refractivity (Wildman–Crippen MR) is 65.6 cm³/mol. The Balaban J connectivity index is 2.41. The van der Waals surface area contributed by atoms with E-state index in [0.717, 1.165) is 17.4 Å². The first-order valence-corrected chi connectivity index (χ1v) is 5.41. The zero-order chi connectivity index (χ0) is 11.0. The highest BCUT2D eigenvalue weighted by Crippen LogP contribution is 2.26. The van der Waals surface area contributed by atoms with Crippen LogP contribution < -0.4 is 10.8 Å². The van der Waals surface area contributed by atoms with Gasteiger partial charge in [0.2, 0.25) is 0 Å². The Kier molecular flexibility index (Phi) is 2.95. The summed E-state index contributed by atoms with van der Waals surface area (Å²) in [5.74, 6) is 0. The molecule has 2 rings (SSSR count). The lowest BCUT2D eigenvalue weighted by molar-refractivity contribution is 0.270. The van der Waals surface area contributed by atoms with E-state index >= 15 is 0 Å². The summed E-state index contributed by atoms with van der Waals surface area (Å²) in [7, 11) is 0. The molecule has 1 amide bonds. The van der Waals surface area contributed by atoms with Crippen LogP contribution >= 0.6 is 24.2 Å². The Morgan fingerprint density at radius 1 is 1.60 bits per heavy atom. The van der Waals surface area contributed by atoms with E-state index in [-0.39, 0.29) is 0 Å². The number of nitrogens with one attached hydrogen (secondary N) is 1. The maximum absolute atomic E-state index is 10.8. The molecule has 78 valence electrons. The molecule has 3 nitrogen and oxygen atoms in total. The van der Waals surface area contributed by atoms with E-state index < -0.39 is 12.2 Å². The van der Waals surface area contributed by atoms with Gasteiger partial charge in [0.25, 0.3) is 5.24 Å². The fourth-order valence-corrected chi connectivity index (χ4v) is 2.17. The molecule has 0 bridgehead atoms. The predicted octanol–water partition coefficient (Wildman–Crippen LogP) is 1.55. The van der Waals surface area contributed by atoms with Gasteiger partial charge < -0.3 is 10.3 Å². The molecule has 0 aromatic heterocycles. The third-order valence-corrected chi connectivity index (χ3v) is 2.94. The van der Waals surface area contributed by atoms with Crippen molar-refractivity contribution in [2.75, 3.05) is 5.32 Å². The summed E-state index contributed by atoms with van der Waals surface area (Å²) in [6.45, 7) is -0.451. The molecule has 2 N–H and O–H groups in total. The molecule has 15 heavy (non-hydrogen) atoms. The van der Waals surface area contributed by atoms with Crippen LogP contribution in [0.1, 0.15) is 5.56 Å². The lowest BCUT2D eigenvalue weighted by atomic mass is 9.63. The smallest absolute Gasteiger partial charge is 0.324 e. The van der Waals surface area contributed by atoms with Gasteiger partial charge in [-0.2, -0.15) is 0 Å². The van der Waals surface area contributed by atoms with Gasteiger partial charge in [-0.15, -0.1) is 0 Å². The summed E-state index contributed by atoms with van der Waals surface area (Å²) >= 11 is 9.58. The van der Waals surface area contributed by atoms with Gasteiger partial charge in [0.05, 0.1) is 10.7 Å². The highest BCUT2D eigenvalue weighted by atomic mass is 35.5. The van der Waals surface area contributed by atoms with Gasteiger partial charge in [-0.1, -0.05) is 24.2 Å². The summed E-state index contributed by atoms with van der Waals surface area (Å²) in [5, 5.41) is 12.2. The number of halogens is 1. The number of benzene rings is 1. The minimum Gasteiger partial charge on any atom is -0.446 e. The van der Waals surface area contributed by atoms with E-state index in [1.165, 1.54) is 0 Å². The second kappa shape index (κ2) is 4.08. The number of rotatable bonds is 1. The topological polar surface area (TPSA) is 49.3 Å². The normalized spacial score (nSPS) is 13.9. The van der Waals surface area contributed by atoms with Crippen LogP contribution in [0.2, 0.25) is 11.3 Å². The molecule has 0 fully saturated rings. The third kappa shape index (κ3) is 2.14. The number of hydrogen-bond acceptors (Lipinski definition) is 2. The molecular formula is C9H9BClNO2S. The van der Waals surface area contributed by atoms with E-state index in [2.05, 4.69) is 17.9 Å². The Hall–Kier alpha value is -0.645. The fourth-order valence-electron chi connectivity index (χ4n) is 1.82. The molecule has 0 unspecified atom stereocenters. The molecule has 0 spiro atoms.